The van der Waals surface area contributed by atoms with Crippen molar-refractivity contribution in [1.82, 2.24) is 10.6 Å². The second-order valence-corrected chi connectivity index (χ2v) is 9.53. The van der Waals surface area contributed by atoms with Crippen LogP contribution < -0.4 is 16.0 Å². The first-order chi connectivity index (χ1) is 19.3. The van der Waals surface area contributed by atoms with Gasteiger partial charge in [-0.2, -0.15) is 13.2 Å². The van der Waals surface area contributed by atoms with E-state index in [9.17, 15) is 41.4 Å². The van der Waals surface area contributed by atoms with Gasteiger partial charge in [-0.3, -0.25) is 14.4 Å². The molecule has 216 valence electrons. The van der Waals surface area contributed by atoms with Gasteiger partial charge in [-0.1, -0.05) is 11.6 Å². The van der Waals surface area contributed by atoms with Crippen molar-refractivity contribution in [3.05, 3.63) is 98.6 Å². The van der Waals surface area contributed by atoms with Gasteiger partial charge in [0.2, 0.25) is 0 Å². The van der Waals surface area contributed by atoms with Crippen molar-refractivity contribution in [2.45, 2.75) is 24.7 Å². The quantitative estimate of drug-likeness (QED) is 0.249. The lowest BCUT2D eigenvalue weighted by atomic mass is 9.94. The third kappa shape index (κ3) is 6.64. The monoisotopic (exact) mass is 597 g/mol. The number of aliphatic hydroxyl groups excluding tert-OH is 2. The van der Waals surface area contributed by atoms with Gasteiger partial charge in [-0.15, -0.1) is 0 Å². The molecule has 0 saturated carbocycles. The lowest BCUT2D eigenvalue weighted by Crippen LogP contribution is -2.28. The molecule has 0 aromatic heterocycles. The molecule has 1 aliphatic rings. The van der Waals surface area contributed by atoms with Crippen LogP contribution in [0.15, 0.2) is 48.5 Å². The SMILES string of the molecule is O=C(NCCC(O)CO)c1cc(NC(=O)c2cc(F)cc(C(F)(F)F)c2)c2c(c1)C(=O)NC2c1cc(F)ccc1Cl. The summed E-state index contributed by atoms with van der Waals surface area (Å²) < 4.78 is 67.8. The Morgan fingerprint density at radius 2 is 1.71 bits per heavy atom. The maximum Gasteiger partial charge on any atom is 0.416 e. The molecule has 0 saturated heterocycles. The summed E-state index contributed by atoms with van der Waals surface area (Å²) in [4.78, 5) is 38.8. The van der Waals surface area contributed by atoms with Gasteiger partial charge in [0, 0.05) is 45.1 Å². The zero-order valence-corrected chi connectivity index (χ0v) is 21.5. The highest BCUT2D eigenvalue weighted by molar-refractivity contribution is 6.31. The number of aliphatic hydroxyl groups is 2. The first-order valence-corrected chi connectivity index (χ1v) is 12.4. The average Bonchev–Trinajstić information content (AvgIpc) is 3.25. The summed E-state index contributed by atoms with van der Waals surface area (Å²) in [5.41, 5.74) is -2.47. The summed E-state index contributed by atoms with van der Waals surface area (Å²) in [5, 5.41) is 25.9. The first-order valence-electron chi connectivity index (χ1n) is 12.0. The number of alkyl halides is 3. The molecule has 0 fully saturated rings. The van der Waals surface area contributed by atoms with E-state index in [1.807, 2.05) is 0 Å². The summed E-state index contributed by atoms with van der Waals surface area (Å²) in [6.45, 7) is -0.609. The van der Waals surface area contributed by atoms with Gasteiger partial charge in [0.05, 0.1) is 24.3 Å². The van der Waals surface area contributed by atoms with Crippen molar-refractivity contribution < 1.29 is 46.5 Å². The van der Waals surface area contributed by atoms with Gasteiger partial charge >= 0.3 is 6.18 Å². The molecule has 0 bridgehead atoms. The van der Waals surface area contributed by atoms with E-state index in [1.165, 1.54) is 12.1 Å². The first kappa shape index (κ1) is 29.9. The van der Waals surface area contributed by atoms with Crippen LogP contribution in [0.2, 0.25) is 5.02 Å². The minimum atomic E-state index is -4.95. The molecular formula is C27H21ClF5N3O5. The summed E-state index contributed by atoms with van der Waals surface area (Å²) in [6.07, 6.45) is -6.05. The molecule has 14 heteroatoms. The van der Waals surface area contributed by atoms with Crippen LogP contribution in [0.1, 0.15) is 60.2 Å². The third-order valence-electron chi connectivity index (χ3n) is 6.23. The molecule has 3 amide bonds. The van der Waals surface area contributed by atoms with Gasteiger partial charge in [0.25, 0.3) is 17.7 Å². The topological polar surface area (TPSA) is 128 Å². The van der Waals surface area contributed by atoms with Crippen LogP contribution in [0.3, 0.4) is 0 Å². The van der Waals surface area contributed by atoms with Crippen molar-refractivity contribution >= 4 is 35.0 Å². The largest absolute Gasteiger partial charge is 0.416 e. The highest BCUT2D eigenvalue weighted by atomic mass is 35.5. The van der Waals surface area contributed by atoms with Crippen molar-refractivity contribution in [3.63, 3.8) is 0 Å². The fraction of sp³-hybridized carbons (Fsp3) is 0.222. The number of benzene rings is 3. The van der Waals surface area contributed by atoms with Crippen LogP contribution in [0, 0.1) is 11.6 Å². The number of hydrogen-bond donors (Lipinski definition) is 5. The van der Waals surface area contributed by atoms with E-state index in [1.54, 1.807) is 0 Å². The number of halogens is 6. The zero-order chi connectivity index (χ0) is 30.1. The Morgan fingerprint density at radius 1 is 1.00 bits per heavy atom. The summed E-state index contributed by atoms with van der Waals surface area (Å²) in [6, 6.07) is 5.79. The average molecular weight is 598 g/mol. The summed E-state index contributed by atoms with van der Waals surface area (Å²) in [7, 11) is 0. The molecule has 0 radical (unpaired) electrons. The molecule has 5 N–H and O–H groups in total. The molecule has 0 aliphatic carbocycles. The molecule has 4 rings (SSSR count). The molecule has 2 unspecified atom stereocenters. The molecule has 2 atom stereocenters. The predicted octanol–water partition coefficient (Wildman–Crippen LogP) is 4.20. The Balaban J connectivity index is 1.79. The Morgan fingerprint density at radius 3 is 2.39 bits per heavy atom. The lowest BCUT2D eigenvalue weighted by Gasteiger charge is -2.19. The van der Waals surface area contributed by atoms with Crippen molar-refractivity contribution in [3.8, 4) is 0 Å². The lowest BCUT2D eigenvalue weighted by molar-refractivity contribution is -0.137. The molecular weight excluding hydrogens is 577 g/mol. The van der Waals surface area contributed by atoms with Gasteiger partial charge in [0.15, 0.2) is 0 Å². The van der Waals surface area contributed by atoms with E-state index in [4.69, 9.17) is 16.7 Å². The van der Waals surface area contributed by atoms with Crippen molar-refractivity contribution in [2.75, 3.05) is 18.5 Å². The van der Waals surface area contributed by atoms with E-state index in [2.05, 4.69) is 16.0 Å². The van der Waals surface area contributed by atoms with E-state index in [0.29, 0.717) is 12.1 Å². The van der Waals surface area contributed by atoms with Crippen molar-refractivity contribution in [1.29, 1.82) is 0 Å². The third-order valence-corrected chi connectivity index (χ3v) is 6.57. The van der Waals surface area contributed by atoms with Crippen LogP contribution in [0.25, 0.3) is 0 Å². The highest BCUT2D eigenvalue weighted by Gasteiger charge is 2.36. The minimum absolute atomic E-state index is 0.00147. The van der Waals surface area contributed by atoms with Gasteiger partial charge < -0.3 is 26.2 Å². The van der Waals surface area contributed by atoms with E-state index in [0.717, 1.165) is 18.2 Å². The molecule has 3 aromatic rings. The van der Waals surface area contributed by atoms with E-state index >= 15 is 0 Å². The van der Waals surface area contributed by atoms with Gasteiger partial charge in [-0.05, 0) is 55.0 Å². The number of carbonyl (C=O) groups is 3. The smallest absolute Gasteiger partial charge is 0.394 e. The fourth-order valence-electron chi connectivity index (χ4n) is 4.26. The van der Waals surface area contributed by atoms with Crippen LogP contribution in [0.5, 0.6) is 0 Å². The number of anilines is 1. The predicted molar refractivity (Wildman–Crippen MR) is 137 cm³/mol. The van der Waals surface area contributed by atoms with Crippen LogP contribution in [-0.2, 0) is 6.18 Å². The Hall–Kier alpha value is -4.07. The summed E-state index contributed by atoms with van der Waals surface area (Å²) in [5.74, 6) is -4.69. The fourth-order valence-corrected chi connectivity index (χ4v) is 4.49. The molecule has 1 heterocycles. The Labute approximate surface area is 234 Å². The standard InChI is InChI=1S/C27H21ClF5N3O5/c28-20-2-1-15(29)10-18(20)23-22-19(26(41)36-23)7-13(24(39)34-4-3-17(38)11-37)8-21(22)35-25(40)12-5-14(27(31,32)33)9-16(30)6-12/h1-2,5-10,17,23,37-38H,3-4,11H2,(H,34,39)(H,35,40)(H,36,41). The molecule has 3 aromatic carbocycles. The number of rotatable bonds is 8. The molecule has 1 aliphatic heterocycles. The Bertz CT molecular complexity index is 1530. The molecule has 8 nitrogen and oxygen atoms in total. The number of hydrogen-bond acceptors (Lipinski definition) is 5. The molecule has 0 spiro atoms. The van der Waals surface area contributed by atoms with Gasteiger partial charge in [0.1, 0.15) is 11.6 Å². The normalized spacial score (nSPS) is 15.2. The highest BCUT2D eigenvalue weighted by Crippen LogP contribution is 2.40. The zero-order valence-electron chi connectivity index (χ0n) is 20.8. The maximum atomic E-state index is 14.1. The van der Waals surface area contributed by atoms with E-state index < -0.39 is 65.4 Å². The van der Waals surface area contributed by atoms with Crippen LogP contribution in [0.4, 0.5) is 27.6 Å². The van der Waals surface area contributed by atoms with Crippen LogP contribution >= 0.6 is 11.6 Å². The second kappa shape index (κ2) is 11.8. The maximum absolute atomic E-state index is 14.1. The van der Waals surface area contributed by atoms with E-state index in [-0.39, 0.29) is 52.0 Å². The second-order valence-electron chi connectivity index (χ2n) is 9.12. The number of amides is 3. The van der Waals surface area contributed by atoms with Gasteiger partial charge in [-0.25, -0.2) is 8.78 Å². The number of carbonyl (C=O) groups excluding carboxylic acids is 3. The number of nitrogens with one attached hydrogen (secondary N) is 3. The summed E-state index contributed by atoms with van der Waals surface area (Å²) >= 11 is 6.24. The number of fused-ring (bicyclic) bond motifs is 1. The van der Waals surface area contributed by atoms with Crippen molar-refractivity contribution in [2.24, 2.45) is 0 Å². The minimum Gasteiger partial charge on any atom is -0.394 e. The van der Waals surface area contributed by atoms with Crippen LogP contribution in [-0.4, -0.2) is 47.2 Å². The Kier molecular flexibility index (Phi) is 8.61. The molecule has 41 heavy (non-hydrogen) atoms.